The van der Waals surface area contributed by atoms with E-state index in [9.17, 15) is 31.1 Å². The zero-order valence-electron chi connectivity index (χ0n) is 9.42. The summed E-state index contributed by atoms with van der Waals surface area (Å²) in [5.41, 5.74) is 4.16. The molecule has 20 heavy (non-hydrogen) atoms. The van der Waals surface area contributed by atoms with Crippen LogP contribution in [-0.4, -0.2) is 29.5 Å². The average molecular weight is 303 g/mol. The van der Waals surface area contributed by atoms with Crippen molar-refractivity contribution < 1.29 is 41.0 Å². The van der Waals surface area contributed by atoms with Crippen LogP contribution in [0.4, 0.5) is 32.0 Å². The molecule has 3 N–H and O–H groups in total. The minimum atomic E-state index is -5.74. The van der Waals surface area contributed by atoms with Crippen molar-refractivity contribution in [2.45, 2.75) is 18.5 Å². The van der Waals surface area contributed by atoms with Gasteiger partial charge in [-0.2, -0.15) is 26.3 Å². The van der Waals surface area contributed by atoms with Gasteiger partial charge in [-0.25, -0.2) is 4.79 Å². The predicted octanol–water partition coefficient (Wildman–Crippen LogP) is 2.84. The first-order chi connectivity index (χ1) is 8.93. The Hall–Kier alpha value is -2.13. The fourth-order valence-electron chi connectivity index (χ4n) is 1.26. The number of hydrogen-bond acceptors (Lipinski definition) is 3. The van der Waals surface area contributed by atoms with Gasteiger partial charge in [0.2, 0.25) is 0 Å². The highest BCUT2D eigenvalue weighted by Crippen LogP contribution is 2.37. The van der Waals surface area contributed by atoms with Crippen LogP contribution in [0.2, 0.25) is 0 Å². The van der Waals surface area contributed by atoms with Gasteiger partial charge in [-0.15, -0.1) is 0 Å². The van der Waals surface area contributed by atoms with Crippen molar-refractivity contribution in [3.05, 3.63) is 23.8 Å². The first-order valence-corrected chi connectivity index (χ1v) is 4.86. The molecule has 0 atom stereocenters. The summed E-state index contributed by atoms with van der Waals surface area (Å²) in [6, 6.07) is 2.25. The Labute approximate surface area is 107 Å². The number of carboxylic acid groups (broad SMARTS) is 1. The first kappa shape index (κ1) is 15.9. The van der Waals surface area contributed by atoms with Crippen molar-refractivity contribution in [1.82, 2.24) is 0 Å². The molecule has 1 aromatic rings. The third kappa shape index (κ3) is 3.68. The third-order valence-corrected chi connectivity index (χ3v) is 2.07. The number of hydrogen-bond donors (Lipinski definition) is 2. The lowest BCUT2D eigenvalue weighted by molar-refractivity contribution is -0.299. The van der Waals surface area contributed by atoms with E-state index in [-0.39, 0.29) is 5.69 Å². The largest absolute Gasteiger partial charge is 0.478 e. The number of nitrogen functional groups attached to an aromatic ring is 1. The van der Waals surface area contributed by atoms with Gasteiger partial charge in [-0.1, -0.05) is 0 Å². The summed E-state index contributed by atoms with van der Waals surface area (Å²) in [5, 5.41) is 8.71. The van der Waals surface area contributed by atoms with Crippen LogP contribution in [-0.2, 0) is 0 Å². The lowest BCUT2D eigenvalue weighted by atomic mass is 10.1. The van der Waals surface area contributed by atoms with Crippen LogP contribution in [0.3, 0.4) is 0 Å². The molecule has 0 unspecified atom stereocenters. The number of benzene rings is 1. The number of nitrogens with two attached hydrogens (primary N) is 1. The molecule has 1 rings (SSSR count). The number of carbonyl (C=O) groups is 1. The number of carboxylic acids is 1. The monoisotopic (exact) mass is 303 g/mol. The maximum atomic E-state index is 12.3. The van der Waals surface area contributed by atoms with E-state index in [4.69, 9.17) is 10.8 Å². The predicted molar refractivity (Wildman–Crippen MR) is 54.3 cm³/mol. The van der Waals surface area contributed by atoms with Crippen molar-refractivity contribution in [3.63, 3.8) is 0 Å². The van der Waals surface area contributed by atoms with E-state index in [1.54, 1.807) is 0 Å². The van der Waals surface area contributed by atoms with Crippen LogP contribution in [0.5, 0.6) is 5.75 Å². The van der Waals surface area contributed by atoms with Crippen molar-refractivity contribution in [2.24, 2.45) is 0 Å². The molecule has 4 nitrogen and oxygen atoms in total. The van der Waals surface area contributed by atoms with Gasteiger partial charge in [-0.05, 0) is 18.2 Å². The molecule has 0 aromatic heterocycles. The summed E-state index contributed by atoms with van der Waals surface area (Å²) in [6.45, 7) is 0. The second kappa shape index (κ2) is 5.10. The minimum Gasteiger partial charge on any atom is -0.478 e. The fourth-order valence-corrected chi connectivity index (χ4v) is 1.26. The van der Waals surface area contributed by atoms with Gasteiger partial charge in [0.05, 0.1) is 0 Å². The van der Waals surface area contributed by atoms with Gasteiger partial charge in [0.25, 0.3) is 6.10 Å². The van der Waals surface area contributed by atoms with Crippen molar-refractivity contribution in [2.75, 3.05) is 5.73 Å². The third-order valence-electron chi connectivity index (χ3n) is 2.07. The van der Waals surface area contributed by atoms with E-state index in [1.807, 2.05) is 0 Å². The molecule has 112 valence electrons. The SMILES string of the molecule is Nc1ccc(OC(C(F)(F)F)C(F)(F)F)c(C(=O)O)c1. The summed E-state index contributed by atoms with van der Waals surface area (Å²) in [6.07, 6.45) is -15.6. The first-order valence-electron chi connectivity index (χ1n) is 4.86. The van der Waals surface area contributed by atoms with Crippen LogP contribution < -0.4 is 10.5 Å². The van der Waals surface area contributed by atoms with Gasteiger partial charge in [0.15, 0.2) is 0 Å². The molecule has 0 bridgehead atoms. The Balaban J connectivity index is 3.22. The summed E-state index contributed by atoms with van der Waals surface area (Å²) in [7, 11) is 0. The van der Waals surface area contributed by atoms with Gasteiger partial charge in [0, 0.05) is 5.69 Å². The van der Waals surface area contributed by atoms with Crippen LogP contribution in [0.25, 0.3) is 0 Å². The number of rotatable bonds is 3. The maximum absolute atomic E-state index is 12.3. The van der Waals surface area contributed by atoms with E-state index in [0.717, 1.165) is 6.07 Å². The fraction of sp³-hybridized carbons (Fsp3) is 0.300. The molecule has 0 aliphatic rings. The Morgan fingerprint density at radius 1 is 1.15 bits per heavy atom. The van der Waals surface area contributed by atoms with Gasteiger partial charge in [-0.3, -0.25) is 0 Å². The molecular formula is C10H7F6NO3. The molecule has 0 saturated heterocycles. The molecule has 0 spiro atoms. The van der Waals surface area contributed by atoms with Crippen molar-refractivity contribution in [3.8, 4) is 5.75 Å². The van der Waals surface area contributed by atoms with Crippen molar-refractivity contribution in [1.29, 1.82) is 0 Å². The molecule has 0 amide bonds. The number of alkyl halides is 6. The Kier molecular flexibility index (Phi) is 4.06. The van der Waals surface area contributed by atoms with Gasteiger partial charge in [0.1, 0.15) is 11.3 Å². The molecule has 1 aromatic carbocycles. The molecule has 0 aliphatic heterocycles. The summed E-state index contributed by atoms with van der Waals surface area (Å²) in [5.74, 6) is -2.85. The second-order valence-corrected chi connectivity index (χ2v) is 3.64. The smallest absolute Gasteiger partial charge is 0.434 e. The highest BCUT2D eigenvalue weighted by atomic mass is 19.4. The quantitative estimate of drug-likeness (QED) is 0.665. The molecule has 0 saturated carbocycles. The van der Waals surface area contributed by atoms with Crippen LogP contribution in [0.1, 0.15) is 10.4 Å². The normalized spacial score (nSPS) is 12.6. The molecule has 10 heteroatoms. The molecule has 0 heterocycles. The van der Waals surface area contributed by atoms with E-state index >= 15 is 0 Å². The average Bonchev–Trinajstić information content (AvgIpc) is 2.23. The Morgan fingerprint density at radius 2 is 1.65 bits per heavy atom. The molecular weight excluding hydrogens is 296 g/mol. The van der Waals surface area contributed by atoms with Gasteiger partial charge < -0.3 is 15.6 Å². The van der Waals surface area contributed by atoms with E-state index in [0.29, 0.717) is 12.1 Å². The van der Waals surface area contributed by atoms with Crippen molar-refractivity contribution >= 4 is 11.7 Å². The zero-order valence-corrected chi connectivity index (χ0v) is 9.42. The Morgan fingerprint density at radius 3 is 2.05 bits per heavy atom. The number of ether oxygens (including phenoxy) is 1. The minimum absolute atomic E-state index is 0.148. The second-order valence-electron chi connectivity index (χ2n) is 3.64. The zero-order chi connectivity index (χ0) is 15.7. The number of anilines is 1. The summed E-state index contributed by atoms with van der Waals surface area (Å²) < 4.78 is 77.6. The van der Waals surface area contributed by atoms with E-state index in [1.165, 1.54) is 0 Å². The summed E-state index contributed by atoms with van der Waals surface area (Å²) in [4.78, 5) is 10.8. The lowest BCUT2D eigenvalue weighted by Gasteiger charge is -2.24. The maximum Gasteiger partial charge on any atom is 0.434 e. The van der Waals surface area contributed by atoms with Gasteiger partial charge >= 0.3 is 18.3 Å². The molecule has 0 aliphatic carbocycles. The van der Waals surface area contributed by atoms with E-state index in [2.05, 4.69) is 4.74 Å². The molecule has 0 radical (unpaired) electrons. The number of aromatic carboxylic acids is 1. The Bertz CT molecular complexity index is 497. The lowest BCUT2D eigenvalue weighted by Crippen LogP contribution is -2.46. The topological polar surface area (TPSA) is 72.5 Å². The number of halogens is 6. The van der Waals surface area contributed by atoms with E-state index < -0.39 is 35.7 Å². The van der Waals surface area contributed by atoms with Crippen LogP contribution >= 0.6 is 0 Å². The van der Waals surface area contributed by atoms with Crippen LogP contribution in [0, 0.1) is 0 Å². The van der Waals surface area contributed by atoms with Crippen LogP contribution in [0.15, 0.2) is 18.2 Å². The standard InChI is InChI=1S/C10H7F6NO3/c11-9(12,13)8(10(14,15)16)20-6-2-1-4(17)3-5(6)7(18)19/h1-3,8H,17H2,(H,18,19). The highest BCUT2D eigenvalue weighted by molar-refractivity contribution is 5.92. The highest BCUT2D eigenvalue weighted by Gasteiger charge is 2.59. The summed E-state index contributed by atoms with van der Waals surface area (Å²) >= 11 is 0. The molecule has 0 fully saturated rings.